The molecule has 0 saturated heterocycles. The van der Waals surface area contributed by atoms with Gasteiger partial charge in [-0.3, -0.25) is 0 Å². The Labute approximate surface area is 107 Å². The molecule has 0 aliphatic heterocycles. The number of hydrogen-bond donors (Lipinski definition) is 1. The highest BCUT2D eigenvalue weighted by Crippen LogP contribution is 2.21. The summed E-state index contributed by atoms with van der Waals surface area (Å²) < 4.78 is 0. The normalized spacial score (nSPS) is 14.5. The van der Waals surface area contributed by atoms with E-state index in [4.69, 9.17) is 0 Å². The van der Waals surface area contributed by atoms with Crippen LogP contribution in [0.2, 0.25) is 0 Å². The molecule has 0 fully saturated rings. The smallest absolute Gasteiger partial charge is 0.0133 e. The van der Waals surface area contributed by atoms with Crippen molar-refractivity contribution < 1.29 is 0 Å². The minimum Gasteiger partial charge on any atom is -0.313 e. The summed E-state index contributed by atoms with van der Waals surface area (Å²) in [5.74, 6) is 0.605. The van der Waals surface area contributed by atoms with Crippen molar-refractivity contribution in [3.63, 3.8) is 0 Å². The molecule has 0 saturated carbocycles. The van der Waals surface area contributed by atoms with Crippen LogP contribution in [-0.2, 0) is 0 Å². The first-order chi connectivity index (χ1) is 8.29. The maximum Gasteiger partial charge on any atom is 0.0133 e. The highest BCUT2D eigenvalue weighted by molar-refractivity contribution is 5.20. The molecule has 0 amide bonds. The highest BCUT2D eigenvalue weighted by Gasteiger charge is 2.16. The monoisotopic (exact) mass is 233 g/mol. The van der Waals surface area contributed by atoms with Gasteiger partial charge in [0.05, 0.1) is 0 Å². The number of hydrogen-bond acceptors (Lipinski definition) is 1. The lowest BCUT2D eigenvalue weighted by molar-refractivity contribution is 0.416. The van der Waals surface area contributed by atoms with Gasteiger partial charge in [0.2, 0.25) is 0 Å². The van der Waals surface area contributed by atoms with Gasteiger partial charge in [-0.1, -0.05) is 63.9 Å². The SMILES string of the molecule is CCCCNC(CCC)C(C)c1ccccc1. The van der Waals surface area contributed by atoms with Crippen LogP contribution in [0.4, 0.5) is 0 Å². The summed E-state index contributed by atoms with van der Waals surface area (Å²) in [4.78, 5) is 0. The van der Waals surface area contributed by atoms with E-state index in [1.807, 2.05) is 0 Å². The van der Waals surface area contributed by atoms with Gasteiger partial charge in [0.1, 0.15) is 0 Å². The van der Waals surface area contributed by atoms with Gasteiger partial charge < -0.3 is 5.32 Å². The average Bonchev–Trinajstić information content (AvgIpc) is 2.38. The molecule has 1 aromatic carbocycles. The third-order valence-corrected chi connectivity index (χ3v) is 3.47. The van der Waals surface area contributed by atoms with Crippen LogP contribution in [0, 0.1) is 0 Å². The Morgan fingerprint density at radius 1 is 1.06 bits per heavy atom. The summed E-state index contributed by atoms with van der Waals surface area (Å²) in [7, 11) is 0. The summed E-state index contributed by atoms with van der Waals surface area (Å²) in [5.41, 5.74) is 1.45. The molecule has 0 spiro atoms. The van der Waals surface area contributed by atoms with Gasteiger partial charge in [-0.25, -0.2) is 0 Å². The Balaban J connectivity index is 2.56. The van der Waals surface area contributed by atoms with Crippen molar-refractivity contribution in [2.75, 3.05) is 6.54 Å². The van der Waals surface area contributed by atoms with Crippen LogP contribution in [0.25, 0.3) is 0 Å². The molecule has 1 nitrogen and oxygen atoms in total. The van der Waals surface area contributed by atoms with Crippen LogP contribution in [0.5, 0.6) is 0 Å². The second-order valence-electron chi connectivity index (χ2n) is 4.90. The summed E-state index contributed by atoms with van der Waals surface area (Å²) in [5, 5.41) is 3.72. The molecule has 1 aromatic rings. The fraction of sp³-hybridized carbons (Fsp3) is 0.625. The molecular weight excluding hydrogens is 206 g/mol. The predicted octanol–water partition coefficient (Wildman–Crippen LogP) is 4.35. The van der Waals surface area contributed by atoms with Crippen molar-refractivity contribution in [1.82, 2.24) is 5.32 Å². The van der Waals surface area contributed by atoms with Crippen molar-refractivity contribution in [3.8, 4) is 0 Å². The van der Waals surface area contributed by atoms with E-state index in [1.54, 1.807) is 0 Å². The molecule has 0 heterocycles. The molecular formula is C16H27N. The molecule has 1 N–H and O–H groups in total. The molecule has 96 valence electrons. The standard InChI is InChI=1S/C16H27N/c1-4-6-13-17-16(10-5-2)14(3)15-11-8-7-9-12-15/h7-9,11-12,14,16-17H,4-6,10,13H2,1-3H3. The quantitative estimate of drug-likeness (QED) is 0.658. The second-order valence-corrected chi connectivity index (χ2v) is 4.90. The van der Waals surface area contributed by atoms with Crippen LogP contribution in [0.1, 0.15) is 57.9 Å². The van der Waals surface area contributed by atoms with Crippen molar-refractivity contribution >= 4 is 0 Å². The predicted molar refractivity (Wildman–Crippen MR) is 76.5 cm³/mol. The van der Waals surface area contributed by atoms with E-state index in [0.717, 1.165) is 6.54 Å². The average molecular weight is 233 g/mol. The molecule has 17 heavy (non-hydrogen) atoms. The first kappa shape index (κ1) is 14.2. The van der Waals surface area contributed by atoms with E-state index >= 15 is 0 Å². The van der Waals surface area contributed by atoms with E-state index in [9.17, 15) is 0 Å². The van der Waals surface area contributed by atoms with Crippen molar-refractivity contribution in [2.45, 2.75) is 58.4 Å². The Morgan fingerprint density at radius 3 is 2.35 bits per heavy atom. The summed E-state index contributed by atoms with van der Waals surface area (Å²) in [6, 6.07) is 11.5. The van der Waals surface area contributed by atoms with Crippen molar-refractivity contribution in [1.29, 1.82) is 0 Å². The van der Waals surface area contributed by atoms with Crippen LogP contribution >= 0.6 is 0 Å². The van der Waals surface area contributed by atoms with Crippen molar-refractivity contribution in [2.24, 2.45) is 0 Å². The van der Waals surface area contributed by atoms with Gasteiger partial charge in [0, 0.05) is 6.04 Å². The number of nitrogens with one attached hydrogen (secondary N) is 1. The third kappa shape index (κ3) is 4.91. The minimum absolute atomic E-state index is 0.605. The third-order valence-electron chi connectivity index (χ3n) is 3.47. The zero-order valence-electron chi connectivity index (χ0n) is 11.6. The maximum absolute atomic E-state index is 3.72. The first-order valence-corrected chi connectivity index (χ1v) is 7.07. The molecule has 1 rings (SSSR count). The Hall–Kier alpha value is -0.820. The minimum atomic E-state index is 0.605. The second kappa shape index (κ2) is 8.30. The van der Waals surface area contributed by atoms with Gasteiger partial charge in [-0.05, 0) is 30.9 Å². The van der Waals surface area contributed by atoms with Crippen LogP contribution in [0.3, 0.4) is 0 Å². The van der Waals surface area contributed by atoms with E-state index in [-0.39, 0.29) is 0 Å². The van der Waals surface area contributed by atoms with E-state index < -0.39 is 0 Å². The van der Waals surface area contributed by atoms with Gasteiger partial charge in [0.25, 0.3) is 0 Å². The Morgan fingerprint density at radius 2 is 1.76 bits per heavy atom. The molecule has 0 bridgehead atoms. The fourth-order valence-corrected chi connectivity index (χ4v) is 2.29. The highest BCUT2D eigenvalue weighted by atomic mass is 14.9. The summed E-state index contributed by atoms with van der Waals surface area (Å²) >= 11 is 0. The lowest BCUT2D eigenvalue weighted by atomic mass is 9.90. The Kier molecular flexibility index (Phi) is 6.95. The van der Waals surface area contributed by atoms with Crippen LogP contribution in [0.15, 0.2) is 30.3 Å². The lowest BCUT2D eigenvalue weighted by Gasteiger charge is -2.25. The zero-order chi connectivity index (χ0) is 12.5. The molecule has 1 heteroatoms. The lowest BCUT2D eigenvalue weighted by Crippen LogP contribution is -2.34. The topological polar surface area (TPSA) is 12.0 Å². The van der Waals surface area contributed by atoms with Gasteiger partial charge in [-0.15, -0.1) is 0 Å². The number of rotatable bonds is 8. The van der Waals surface area contributed by atoms with Gasteiger partial charge in [-0.2, -0.15) is 0 Å². The van der Waals surface area contributed by atoms with E-state index in [2.05, 4.69) is 56.4 Å². The van der Waals surface area contributed by atoms with E-state index in [1.165, 1.54) is 31.2 Å². The fourth-order valence-electron chi connectivity index (χ4n) is 2.29. The van der Waals surface area contributed by atoms with Crippen molar-refractivity contribution in [3.05, 3.63) is 35.9 Å². The molecule has 0 aliphatic rings. The largest absolute Gasteiger partial charge is 0.313 e. The molecule has 0 radical (unpaired) electrons. The zero-order valence-corrected chi connectivity index (χ0v) is 11.6. The first-order valence-electron chi connectivity index (χ1n) is 7.07. The van der Waals surface area contributed by atoms with Gasteiger partial charge >= 0.3 is 0 Å². The molecule has 0 aromatic heterocycles. The summed E-state index contributed by atoms with van der Waals surface area (Å²) in [6.45, 7) is 8.01. The molecule has 2 unspecified atom stereocenters. The molecule has 2 atom stereocenters. The maximum atomic E-state index is 3.72. The van der Waals surface area contributed by atoms with Crippen LogP contribution in [-0.4, -0.2) is 12.6 Å². The number of benzene rings is 1. The summed E-state index contributed by atoms with van der Waals surface area (Å²) in [6.07, 6.45) is 5.06. The van der Waals surface area contributed by atoms with E-state index in [0.29, 0.717) is 12.0 Å². The van der Waals surface area contributed by atoms with Crippen LogP contribution < -0.4 is 5.32 Å². The Bertz CT molecular complexity index is 281. The van der Waals surface area contributed by atoms with Gasteiger partial charge in [0.15, 0.2) is 0 Å². The molecule has 0 aliphatic carbocycles. The number of unbranched alkanes of at least 4 members (excludes halogenated alkanes) is 1.